The van der Waals surface area contributed by atoms with Gasteiger partial charge in [-0.05, 0) is 48.4 Å². The second-order valence-corrected chi connectivity index (χ2v) is 15.2. The van der Waals surface area contributed by atoms with E-state index in [1.165, 1.54) is 0 Å². The van der Waals surface area contributed by atoms with Crippen LogP contribution in [0.4, 0.5) is 5.69 Å². The number of para-hydroxylation sites is 1. The molecule has 1 aliphatic heterocycles. The summed E-state index contributed by atoms with van der Waals surface area (Å²) in [4.78, 5) is 20.1. The summed E-state index contributed by atoms with van der Waals surface area (Å²) in [5, 5.41) is 2.01. The Kier molecular flexibility index (Phi) is 9.87. The molecule has 4 heterocycles. The van der Waals surface area contributed by atoms with Gasteiger partial charge in [0.1, 0.15) is 17.3 Å². The number of aromatic nitrogens is 5. The Hall–Kier alpha value is -6.33. The molecule has 9 heteroatoms. The molecule has 9 rings (SSSR count). The van der Waals surface area contributed by atoms with E-state index in [1.54, 1.807) is 6.20 Å². The maximum absolute atomic E-state index is 7.01. The number of hydrogen-bond acceptors (Lipinski definition) is 5. The van der Waals surface area contributed by atoms with Crippen molar-refractivity contribution in [3.05, 3.63) is 157 Å². The van der Waals surface area contributed by atoms with E-state index >= 15 is 0 Å². The molecule has 0 aliphatic carbocycles. The number of hydrogen-bond donors (Lipinski definition) is 0. The van der Waals surface area contributed by atoms with Gasteiger partial charge in [0.05, 0.1) is 0 Å². The van der Waals surface area contributed by atoms with Gasteiger partial charge in [-0.15, -0.1) is 29.1 Å². The molecule has 0 radical (unpaired) electrons. The van der Waals surface area contributed by atoms with Crippen molar-refractivity contribution in [3.63, 3.8) is 0 Å². The van der Waals surface area contributed by atoms with E-state index in [0.29, 0.717) is 34.5 Å². The normalized spacial score (nSPS) is 12.5. The fourth-order valence-corrected chi connectivity index (χ4v) is 6.84. The number of pyridine rings is 1. The van der Waals surface area contributed by atoms with Crippen LogP contribution in [0.3, 0.4) is 0 Å². The van der Waals surface area contributed by atoms with Crippen molar-refractivity contribution in [1.82, 2.24) is 24.5 Å². The molecule has 8 aromatic rings. The van der Waals surface area contributed by atoms with Crippen LogP contribution >= 0.6 is 0 Å². The van der Waals surface area contributed by atoms with Crippen molar-refractivity contribution in [2.45, 2.75) is 40.0 Å². The van der Waals surface area contributed by atoms with Crippen molar-refractivity contribution in [2.75, 3.05) is 7.05 Å². The van der Waals surface area contributed by atoms with Crippen molar-refractivity contribution < 1.29 is 35.0 Å². The first-order chi connectivity index (χ1) is 27.1. The van der Waals surface area contributed by atoms with Gasteiger partial charge in [-0.3, -0.25) is 0 Å². The van der Waals surface area contributed by atoms with E-state index in [2.05, 4.69) is 112 Å². The van der Waals surface area contributed by atoms with Crippen LogP contribution in [-0.2, 0) is 26.5 Å². The predicted molar refractivity (Wildman–Crippen MR) is 221 cm³/mol. The number of fused-ring (bicyclic) bond motifs is 3. The molecule has 57 heavy (non-hydrogen) atoms. The van der Waals surface area contributed by atoms with Crippen LogP contribution in [0, 0.1) is 26.0 Å². The Labute approximate surface area is 346 Å². The minimum Gasteiger partial charge on any atom is -0.508 e. The second-order valence-electron chi connectivity index (χ2n) is 15.2. The second kappa shape index (κ2) is 15.0. The zero-order valence-electron chi connectivity index (χ0n) is 32.5. The van der Waals surface area contributed by atoms with Gasteiger partial charge in [0.15, 0.2) is 18.7 Å². The molecule has 0 spiro atoms. The van der Waals surface area contributed by atoms with E-state index in [-0.39, 0.29) is 26.5 Å². The van der Waals surface area contributed by atoms with Crippen LogP contribution in [0.5, 0.6) is 11.5 Å². The molecular weight excluding hydrogens is 886 g/mol. The van der Waals surface area contributed by atoms with Crippen molar-refractivity contribution >= 4 is 33.5 Å². The minimum atomic E-state index is -0.181. The maximum Gasteiger partial charge on any atom is 2.00 e. The number of ether oxygens (including phenoxy) is 1. The van der Waals surface area contributed by atoms with Crippen molar-refractivity contribution in [3.8, 4) is 51.5 Å². The van der Waals surface area contributed by atoms with Gasteiger partial charge in [0.2, 0.25) is 6.20 Å². The Morgan fingerprint density at radius 1 is 0.702 bits per heavy atom. The zero-order chi connectivity index (χ0) is 38.6. The third kappa shape index (κ3) is 7.38. The summed E-state index contributed by atoms with van der Waals surface area (Å²) in [6.07, 6.45) is 5.71. The Bertz CT molecular complexity index is 2850. The summed E-state index contributed by atoms with van der Waals surface area (Å²) in [6.45, 7) is 10.7. The molecular formula is C48H39N7OPt+2. The summed E-state index contributed by atoms with van der Waals surface area (Å²) >= 11 is 0. The predicted octanol–water partition coefficient (Wildman–Crippen LogP) is 10.6. The SMILES string of the molecule is Cc1ccc(-c2nc(-c3ccc(C)cc3)nc(-c3cc4c5ccccc5n(-c5ccccn5)c4[c-]c3Oc3[c-]c([N+]4=C=[N+](C)C=C4)cc(C(C)(C)C)c3)n2)cc1.[Pt+2]. The van der Waals surface area contributed by atoms with E-state index in [1.807, 2.05) is 83.2 Å². The fraction of sp³-hybridized carbons (Fsp3) is 0.146. The van der Waals surface area contributed by atoms with Gasteiger partial charge in [0, 0.05) is 34.3 Å². The monoisotopic (exact) mass is 924 g/mol. The fourth-order valence-electron chi connectivity index (χ4n) is 6.84. The number of benzene rings is 5. The third-order valence-electron chi connectivity index (χ3n) is 9.93. The molecule has 0 N–H and O–H groups in total. The van der Waals surface area contributed by atoms with Crippen LogP contribution in [0.15, 0.2) is 128 Å². The Morgan fingerprint density at radius 2 is 1.35 bits per heavy atom. The molecule has 3 aromatic heterocycles. The van der Waals surface area contributed by atoms with Gasteiger partial charge >= 0.3 is 27.1 Å². The molecule has 0 fully saturated rings. The Balaban J connectivity index is 0.00000455. The van der Waals surface area contributed by atoms with Crippen LogP contribution in [0.25, 0.3) is 61.8 Å². The van der Waals surface area contributed by atoms with Gasteiger partial charge in [-0.25, -0.2) is 19.9 Å². The van der Waals surface area contributed by atoms with Crippen molar-refractivity contribution in [1.29, 1.82) is 0 Å². The molecule has 5 aromatic carbocycles. The first-order valence-corrected chi connectivity index (χ1v) is 18.6. The smallest absolute Gasteiger partial charge is 0.508 e. The van der Waals surface area contributed by atoms with Crippen molar-refractivity contribution in [2.24, 2.45) is 0 Å². The minimum absolute atomic E-state index is 0. The van der Waals surface area contributed by atoms with Gasteiger partial charge in [-0.2, -0.15) is 0 Å². The van der Waals surface area contributed by atoms with Crippen LogP contribution in [0.1, 0.15) is 37.5 Å². The quantitative estimate of drug-likeness (QED) is 0.118. The maximum atomic E-state index is 7.01. The molecule has 0 amide bonds. The van der Waals surface area contributed by atoms with Crippen LogP contribution in [0.2, 0.25) is 0 Å². The summed E-state index contributed by atoms with van der Waals surface area (Å²) in [7, 11) is 1.95. The van der Waals surface area contributed by atoms with E-state index in [0.717, 1.165) is 61.1 Å². The number of aryl methyl sites for hydroxylation is 2. The molecule has 280 valence electrons. The summed E-state index contributed by atoms with van der Waals surface area (Å²) < 4.78 is 12.9. The van der Waals surface area contributed by atoms with E-state index in [4.69, 9.17) is 24.7 Å². The molecule has 0 unspecified atom stereocenters. The van der Waals surface area contributed by atoms with Crippen LogP contribution in [-0.4, -0.2) is 46.7 Å². The third-order valence-corrected chi connectivity index (χ3v) is 9.93. The molecule has 1 aliphatic rings. The molecule has 0 saturated carbocycles. The Morgan fingerprint density at radius 3 is 1.96 bits per heavy atom. The van der Waals surface area contributed by atoms with Gasteiger partial charge in [-0.1, -0.05) is 131 Å². The van der Waals surface area contributed by atoms with Gasteiger partial charge in [0.25, 0.3) is 6.20 Å². The topological polar surface area (TPSA) is 71.7 Å². The van der Waals surface area contributed by atoms with Crippen LogP contribution < -0.4 is 4.74 Å². The first kappa shape index (κ1) is 37.6. The molecule has 0 bridgehead atoms. The number of rotatable bonds is 7. The number of nitrogens with zero attached hydrogens (tertiary/aromatic N) is 7. The average Bonchev–Trinajstić information content (AvgIpc) is 3.78. The summed E-state index contributed by atoms with van der Waals surface area (Å²) in [5.74, 6) is 3.34. The summed E-state index contributed by atoms with van der Waals surface area (Å²) in [5.41, 5.74) is 8.27. The summed E-state index contributed by atoms with van der Waals surface area (Å²) in [6, 6.07) is 47.6. The van der Waals surface area contributed by atoms with Gasteiger partial charge < -0.3 is 9.30 Å². The largest absolute Gasteiger partial charge is 2.00 e. The van der Waals surface area contributed by atoms with E-state index in [9.17, 15) is 0 Å². The standard InChI is InChI=1S/C48H39N7O.Pt/c1-31-14-18-33(19-15-31)45-50-46(34-20-16-32(2)17-21-34)52-47(51-45)40-28-39-38-11-7-8-12-41(38)55(44-13-9-10-22-49-44)42(39)29-43(40)56-37-26-35(48(3,4)5)25-36(27-37)54-24-23-53(6)30-54;/h7-26,28H,1-6H3;/q;+2. The van der Waals surface area contributed by atoms with E-state index < -0.39 is 0 Å². The first-order valence-electron chi connectivity index (χ1n) is 18.6. The molecule has 8 nitrogen and oxygen atoms in total. The molecule has 0 saturated heterocycles. The molecule has 0 atom stereocenters. The zero-order valence-corrected chi connectivity index (χ0v) is 34.8. The average molecular weight is 925 g/mol.